The molecule has 1 aliphatic heterocycles. The maximum absolute atomic E-state index is 12.8. The van der Waals surface area contributed by atoms with Crippen LogP contribution in [0.15, 0.2) is 29.2 Å². The monoisotopic (exact) mass is 273 g/mol. The van der Waals surface area contributed by atoms with Crippen LogP contribution in [-0.4, -0.2) is 37.5 Å². The van der Waals surface area contributed by atoms with Crippen LogP contribution in [0.5, 0.6) is 0 Å². The minimum Gasteiger partial charge on any atom is -0.396 e. The highest BCUT2D eigenvalue weighted by Gasteiger charge is 2.28. The van der Waals surface area contributed by atoms with Gasteiger partial charge in [-0.05, 0) is 43.0 Å². The first kappa shape index (κ1) is 13.5. The van der Waals surface area contributed by atoms with E-state index < -0.39 is 15.8 Å². The number of aliphatic hydroxyl groups is 1. The fourth-order valence-corrected chi connectivity index (χ4v) is 3.56. The Morgan fingerprint density at radius 3 is 2.28 bits per heavy atom. The highest BCUT2D eigenvalue weighted by Crippen LogP contribution is 2.23. The standard InChI is InChI=1S/C12H16FNO3S/c13-11-1-3-12(4-2-11)18(16,17)14-7-5-10(9-15)6-8-14/h1-4,10,15H,5-9H2. The Kier molecular flexibility index (Phi) is 3.99. The molecule has 1 N–H and O–H groups in total. The number of nitrogens with zero attached hydrogens (tertiary/aromatic N) is 1. The predicted octanol–water partition coefficient (Wildman–Crippen LogP) is 1.22. The van der Waals surface area contributed by atoms with Crippen LogP contribution >= 0.6 is 0 Å². The third-order valence-corrected chi connectivity index (χ3v) is 5.20. The first-order valence-corrected chi connectivity index (χ1v) is 7.34. The topological polar surface area (TPSA) is 57.6 Å². The van der Waals surface area contributed by atoms with Gasteiger partial charge in [0.05, 0.1) is 4.90 Å². The van der Waals surface area contributed by atoms with Gasteiger partial charge in [0.25, 0.3) is 0 Å². The van der Waals surface area contributed by atoms with Crippen LogP contribution in [0.25, 0.3) is 0 Å². The van der Waals surface area contributed by atoms with E-state index in [9.17, 15) is 12.8 Å². The molecule has 0 saturated carbocycles. The molecule has 0 amide bonds. The van der Waals surface area contributed by atoms with E-state index in [-0.39, 0.29) is 17.4 Å². The van der Waals surface area contributed by atoms with Crippen molar-refractivity contribution in [3.05, 3.63) is 30.1 Å². The molecular formula is C12H16FNO3S. The van der Waals surface area contributed by atoms with Gasteiger partial charge in [0.1, 0.15) is 5.82 Å². The Balaban J connectivity index is 2.15. The molecule has 1 aromatic carbocycles. The molecule has 0 radical (unpaired) electrons. The highest BCUT2D eigenvalue weighted by molar-refractivity contribution is 7.89. The molecule has 1 aromatic rings. The van der Waals surface area contributed by atoms with Gasteiger partial charge < -0.3 is 5.11 Å². The maximum atomic E-state index is 12.8. The molecular weight excluding hydrogens is 257 g/mol. The van der Waals surface area contributed by atoms with Crippen molar-refractivity contribution >= 4 is 10.0 Å². The molecule has 0 atom stereocenters. The van der Waals surface area contributed by atoms with E-state index in [1.807, 2.05) is 0 Å². The van der Waals surface area contributed by atoms with Crippen molar-refractivity contribution in [2.45, 2.75) is 17.7 Å². The minimum atomic E-state index is -3.53. The van der Waals surface area contributed by atoms with Gasteiger partial charge in [-0.3, -0.25) is 0 Å². The third-order valence-electron chi connectivity index (χ3n) is 3.28. The normalized spacial score (nSPS) is 19.0. The summed E-state index contributed by atoms with van der Waals surface area (Å²) in [6.45, 7) is 0.917. The molecule has 0 aromatic heterocycles. The lowest BCUT2D eigenvalue weighted by atomic mass is 10.00. The van der Waals surface area contributed by atoms with Gasteiger partial charge in [-0.15, -0.1) is 0 Å². The first-order valence-electron chi connectivity index (χ1n) is 5.90. The molecule has 1 aliphatic rings. The van der Waals surface area contributed by atoms with Crippen LogP contribution in [0, 0.1) is 11.7 Å². The van der Waals surface area contributed by atoms with E-state index in [1.54, 1.807) is 0 Å². The number of rotatable bonds is 3. The van der Waals surface area contributed by atoms with Crippen molar-refractivity contribution in [2.24, 2.45) is 5.92 Å². The maximum Gasteiger partial charge on any atom is 0.243 e. The molecule has 1 heterocycles. The number of piperidine rings is 1. The zero-order chi connectivity index (χ0) is 13.2. The molecule has 6 heteroatoms. The molecule has 0 unspecified atom stereocenters. The largest absolute Gasteiger partial charge is 0.396 e. The van der Waals surface area contributed by atoms with Crippen LogP contribution < -0.4 is 0 Å². The highest BCUT2D eigenvalue weighted by atomic mass is 32.2. The third kappa shape index (κ3) is 2.71. The van der Waals surface area contributed by atoms with Gasteiger partial charge in [-0.1, -0.05) is 0 Å². The van der Waals surface area contributed by atoms with Crippen LogP contribution in [0.2, 0.25) is 0 Å². The van der Waals surface area contributed by atoms with E-state index in [0.29, 0.717) is 25.9 Å². The van der Waals surface area contributed by atoms with Gasteiger partial charge in [-0.2, -0.15) is 4.31 Å². The second-order valence-electron chi connectivity index (χ2n) is 4.48. The molecule has 0 spiro atoms. The molecule has 1 saturated heterocycles. The average molecular weight is 273 g/mol. The van der Waals surface area contributed by atoms with Crippen LogP contribution in [0.1, 0.15) is 12.8 Å². The second-order valence-corrected chi connectivity index (χ2v) is 6.42. The van der Waals surface area contributed by atoms with Gasteiger partial charge >= 0.3 is 0 Å². The molecule has 2 rings (SSSR count). The van der Waals surface area contributed by atoms with Crippen LogP contribution in [-0.2, 0) is 10.0 Å². The Labute approximate surface area is 106 Å². The Morgan fingerprint density at radius 2 is 1.78 bits per heavy atom. The first-order chi connectivity index (χ1) is 8.54. The molecule has 0 aliphatic carbocycles. The van der Waals surface area contributed by atoms with Gasteiger partial charge in [0.2, 0.25) is 10.0 Å². The second kappa shape index (κ2) is 5.34. The summed E-state index contributed by atoms with van der Waals surface area (Å²) >= 11 is 0. The minimum absolute atomic E-state index is 0.102. The predicted molar refractivity (Wildman–Crippen MR) is 65.0 cm³/mol. The van der Waals surface area contributed by atoms with E-state index >= 15 is 0 Å². The quantitative estimate of drug-likeness (QED) is 0.901. The van der Waals surface area contributed by atoms with Gasteiger partial charge in [-0.25, -0.2) is 12.8 Å². The number of sulfonamides is 1. The summed E-state index contributed by atoms with van der Waals surface area (Å²) in [5.74, 6) is -0.266. The smallest absolute Gasteiger partial charge is 0.243 e. The van der Waals surface area contributed by atoms with E-state index in [2.05, 4.69) is 0 Å². The number of halogens is 1. The van der Waals surface area contributed by atoms with Gasteiger partial charge in [0.15, 0.2) is 0 Å². The number of hydrogen-bond donors (Lipinski definition) is 1. The Morgan fingerprint density at radius 1 is 1.22 bits per heavy atom. The fraction of sp³-hybridized carbons (Fsp3) is 0.500. The van der Waals surface area contributed by atoms with Gasteiger partial charge in [0, 0.05) is 19.7 Å². The van der Waals surface area contributed by atoms with E-state index in [4.69, 9.17) is 5.11 Å². The van der Waals surface area contributed by atoms with E-state index in [0.717, 1.165) is 12.1 Å². The summed E-state index contributed by atoms with van der Waals surface area (Å²) in [4.78, 5) is 0.117. The number of benzene rings is 1. The van der Waals surface area contributed by atoms with Crippen molar-refractivity contribution < 1.29 is 17.9 Å². The lowest BCUT2D eigenvalue weighted by Gasteiger charge is -2.30. The summed E-state index contributed by atoms with van der Waals surface area (Å²) in [6, 6.07) is 4.85. The SMILES string of the molecule is O=S(=O)(c1ccc(F)cc1)N1CCC(CO)CC1. The fourth-order valence-electron chi connectivity index (χ4n) is 2.09. The Bertz CT molecular complexity index is 493. The molecule has 0 bridgehead atoms. The Hall–Kier alpha value is -0.980. The summed E-state index contributed by atoms with van der Waals surface area (Å²) in [5, 5.41) is 9.02. The lowest BCUT2D eigenvalue weighted by molar-refractivity contribution is 0.170. The van der Waals surface area contributed by atoms with Crippen LogP contribution in [0.4, 0.5) is 4.39 Å². The van der Waals surface area contributed by atoms with E-state index in [1.165, 1.54) is 16.4 Å². The summed E-state index contributed by atoms with van der Waals surface area (Å²) in [6.07, 6.45) is 1.33. The molecule has 1 fully saturated rings. The summed E-state index contributed by atoms with van der Waals surface area (Å²) in [7, 11) is -3.53. The number of hydrogen-bond acceptors (Lipinski definition) is 3. The van der Waals surface area contributed by atoms with Crippen molar-refractivity contribution in [3.63, 3.8) is 0 Å². The zero-order valence-corrected chi connectivity index (χ0v) is 10.7. The average Bonchev–Trinajstić information content (AvgIpc) is 2.39. The molecule has 4 nitrogen and oxygen atoms in total. The summed E-state index contributed by atoms with van der Waals surface area (Å²) in [5.41, 5.74) is 0. The zero-order valence-electron chi connectivity index (χ0n) is 9.92. The summed E-state index contributed by atoms with van der Waals surface area (Å²) < 4.78 is 38.6. The van der Waals surface area contributed by atoms with Crippen molar-refractivity contribution in [1.82, 2.24) is 4.31 Å². The molecule has 100 valence electrons. The number of aliphatic hydroxyl groups excluding tert-OH is 1. The lowest BCUT2D eigenvalue weighted by Crippen LogP contribution is -2.39. The van der Waals surface area contributed by atoms with Crippen molar-refractivity contribution in [1.29, 1.82) is 0 Å². The molecule has 18 heavy (non-hydrogen) atoms. The van der Waals surface area contributed by atoms with Crippen molar-refractivity contribution in [2.75, 3.05) is 19.7 Å². The van der Waals surface area contributed by atoms with Crippen LogP contribution in [0.3, 0.4) is 0 Å². The van der Waals surface area contributed by atoms with Crippen molar-refractivity contribution in [3.8, 4) is 0 Å².